The third kappa shape index (κ3) is 7.18. The normalized spacial score (nSPS) is 24.6. The highest BCUT2D eigenvalue weighted by Gasteiger charge is 2.35. The fraction of sp³-hybridized carbons (Fsp3) is 0.704. The quantitative estimate of drug-likeness (QED) is 0.500. The van der Waals surface area contributed by atoms with Gasteiger partial charge in [0.1, 0.15) is 11.9 Å². The SMILES string of the molecule is NC(=O)C1CCCCC1C(=O)NCC(CN1CCN(c2ccccn2)CC1)OC(=O)C1CCCCC1. The van der Waals surface area contributed by atoms with Gasteiger partial charge in [-0.3, -0.25) is 19.3 Å². The molecule has 4 rings (SSSR count). The summed E-state index contributed by atoms with van der Waals surface area (Å²) in [6.45, 7) is 4.16. The van der Waals surface area contributed by atoms with Gasteiger partial charge in [-0.15, -0.1) is 0 Å². The van der Waals surface area contributed by atoms with Crippen molar-refractivity contribution < 1.29 is 19.1 Å². The Morgan fingerprint density at radius 2 is 1.67 bits per heavy atom. The van der Waals surface area contributed by atoms with E-state index in [9.17, 15) is 14.4 Å². The maximum atomic E-state index is 13.0. The van der Waals surface area contributed by atoms with E-state index >= 15 is 0 Å². The summed E-state index contributed by atoms with van der Waals surface area (Å²) in [6.07, 6.45) is 9.60. The van der Waals surface area contributed by atoms with Crippen LogP contribution in [0.4, 0.5) is 5.82 Å². The van der Waals surface area contributed by atoms with Crippen molar-refractivity contribution in [2.75, 3.05) is 44.2 Å². The van der Waals surface area contributed by atoms with Crippen LogP contribution in [0.1, 0.15) is 57.8 Å². The molecule has 3 atom stereocenters. The van der Waals surface area contributed by atoms with Crippen LogP contribution in [0.25, 0.3) is 0 Å². The minimum atomic E-state index is -0.430. The van der Waals surface area contributed by atoms with E-state index in [4.69, 9.17) is 10.5 Å². The van der Waals surface area contributed by atoms with Crippen molar-refractivity contribution in [1.29, 1.82) is 0 Å². The molecule has 3 N–H and O–H groups in total. The largest absolute Gasteiger partial charge is 0.459 e. The number of anilines is 1. The Morgan fingerprint density at radius 1 is 0.972 bits per heavy atom. The van der Waals surface area contributed by atoms with Crippen LogP contribution in [0.2, 0.25) is 0 Å². The highest BCUT2D eigenvalue weighted by atomic mass is 16.5. The molecule has 9 nitrogen and oxygen atoms in total. The summed E-state index contributed by atoms with van der Waals surface area (Å²) in [6, 6.07) is 5.93. The number of ether oxygens (including phenoxy) is 1. The summed E-state index contributed by atoms with van der Waals surface area (Å²) in [5.74, 6) is -0.585. The van der Waals surface area contributed by atoms with Crippen molar-refractivity contribution in [1.82, 2.24) is 15.2 Å². The number of esters is 1. The third-order valence-electron chi connectivity index (χ3n) is 8.00. The first-order valence-corrected chi connectivity index (χ1v) is 13.7. The molecule has 1 saturated heterocycles. The predicted octanol–water partition coefficient (Wildman–Crippen LogP) is 2.10. The van der Waals surface area contributed by atoms with E-state index in [0.29, 0.717) is 19.4 Å². The molecule has 3 fully saturated rings. The first-order chi connectivity index (χ1) is 17.5. The number of hydrogen-bond donors (Lipinski definition) is 2. The van der Waals surface area contributed by atoms with Crippen LogP contribution in [0.5, 0.6) is 0 Å². The molecule has 9 heteroatoms. The van der Waals surface area contributed by atoms with Crippen molar-refractivity contribution in [2.45, 2.75) is 63.9 Å². The lowest BCUT2D eigenvalue weighted by Gasteiger charge is -2.37. The van der Waals surface area contributed by atoms with Crippen LogP contribution in [-0.2, 0) is 19.1 Å². The second-order valence-corrected chi connectivity index (χ2v) is 10.5. The number of primary amides is 1. The van der Waals surface area contributed by atoms with Crippen molar-refractivity contribution in [3.8, 4) is 0 Å². The maximum Gasteiger partial charge on any atom is 0.309 e. The number of rotatable bonds is 9. The van der Waals surface area contributed by atoms with Gasteiger partial charge in [-0.25, -0.2) is 4.98 Å². The molecule has 36 heavy (non-hydrogen) atoms. The van der Waals surface area contributed by atoms with E-state index in [2.05, 4.69) is 20.1 Å². The maximum absolute atomic E-state index is 13.0. The van der Waals surface area contributed by atoms with Crippen LogP contribution in [0.15, 0.2) is 24.4 Å². The predicted molar refractivity (Wildman–Crippen MR) is 137 cm³/mol. The fourth-order valence-electron chi connectivity index (χ4n) is 5.86. The monoisotopic (exact) mass is 499 g/mol. The minimum Gasteiger partial charge on any atom is -0.459 e. The van der Waals surface area contributed by atoms with Gasteiger partial charge in [0.15, 0.2) is 0 Å². The van der Waals surface area contributed by atoms with Crippen LogP contribution in [-0.4, -0.2) is 73.0 Å². The lowest BCUT2D eigenvalue weighted by atomic mass is 9.78. The summed E-state index contributed by atoms with van der Waals surface area (Å²) in [4.78, 5) is 46.8. The smallest absolute Gasteiger partial charge is 0.309 e. The number of pyridine rings is 1. The molecular formula is C27H41N5O4. The third-order valence-corrected chi connectivity index (χ3v) is 8.00. The second kappa shape index (κ2) is 13.0. The number of hydrogen-bond acceptors (Lipinski definition) is 7. The van der Waals surface area contributed by atoms with E-state index in [0.717, 1.165) is 70.5 Å². The van der Waals surface area contributed by atoms with Gasteiger partial charge in [-0.2, -0.15) is 0 Å². The Morgan fingerprint density at radius 3 is 2.33 bits per heavy atom. The van der Waals surface area contributed by atoms with Crippen molar-refractivity contribution >= 4 is 23.6 Å². The molecule has 2 amide bonds. The van der Waals surface area contributed by atoms with Gasteiger partial charge in [-0.05, 0) is 37.8 Å². The first-order valence-electron chi connectivity index (χ1n) is 13.7. The number of aromatic nitrogens is 1. The summed E-state index contributed by atoms with van der Waals surface area (Å²) in [5, 5.41) is 3.00. The number of nitrogens with one attached hydrogen (secondary N) is 1. The Hall–Kier alpha value is -2.68. The number of nitrogens with two attached hydrogens (primary N) is 1. The number of nitrogens with zero attached hydrogens (tertiary/aromatic N) is 3. The topological polar surface area (TPSA) is 118 Å². The van der Waals surface area contributed by atoms with Crippen LogP contribution >= 0.6 is 0 Å². The lowest BCUT2D eigenvalue weighted by Crippen LogP contribution is -2.52. The Bertz CT molecular complexity index is 868. The summed E-state index contributed by atoms with van der Waals surface area (Å²) < 4.78 is 6.00. The summed E-state index contributed by atoms with van der Waals surface area (Å²) in [5.41, 5.74) is 5.57. The average Bonchev–Trinajstić information content (AvgIpc) is 2.93. The molecule has 2 saturated carbocycles. The van der Waals surface area contributed by atoms with Crippen molar-refractivity contribution in [3.63, 3.8) is 0 Å². The number of amides is 2. The molecule has 0 spiro atoms. The van der Waals surface area contributed by atoms with Crippen molar-refractivity contribution in [3.05, 3.63) is 24.4 Å². The van der Waals surface area contributed by atoms with E-state index in [1.165, 1.54) is 6.42 Å². The Kier molecular flexibility index (Phi) is 9.55. The number of carbonyl (C=O) groups is 3. The highest BCUT2D eigenvalue weighted by Crippen LogP contribution is 2.30. The van der Waals surface area contributed by atoms with E-state index in [1.54, 1.807) is 6.20 Å². The summed E-state index contributed by atoms with van der Waals surface area (Å²) in [7, 11) is 0. The molecule has 3 aliphatic rings. The molecule has 1 aliphatic heterocycles. The van der Waals surface area contributed by atoms with E-state index < -0.39 is 23.8 Å². The molecule has 2 aliphatic carbocycles. The zero-order valence-corrected chi connectivity index (χ0v) is 21.3. The van der Waals surface area contributed by atoms with Crippen LogP contribution < -0.4 is 16.0 Å². The minimum absolute atomic E-state index is 0.0458. The Labute approximate surface area is 214 Å². The van der Waals surface area contributed by atoms with Gasteiger partial charge in [0.2, 0.25) is 11.8 Å². The van der Waals surface area contributed by atoms with Gasteiger partial charge >= 0.3 is 5.97 Å². The second-order valence-electron chi connectivity index (χ2n) is 10.5. The van der Waals surface area contributed by atoms with Gasteiger partial charge in [0.25, 0.3) is 0 Å². The van der Waals surface area contributed by atoms with Crippen molar-refractivity contribution in [2.24, 2.45) is 23.5 Å². The molecule has 0 radical (unpaired) electrons. The van der Waals surface area contributed by atoms with E-state index in [1.807, 2.05) is 18.2 Å². The molecule has 198 valence electrons. The van der Waals surface area contributed by atoms with Gasteiger partial charge in [-0.1, -0.05) is 38.2 Å². The van der Waals surface area contributed by atoms with E-state index in [-0.39, 0.29) is 24.3 Å². The fourth-order valence-corrected chi connectivity index (χ4v) is 5.86. The average molecular weight is 500 g/mol. The molecule has 1 aromatic rings. The van der Waals surface area contributed by atoms with Crippen LogP contribution in [0.3, 0.4) is 0 Å². The molecule has 1 aromatic heterocycles. The summed E-state index contributed by atoms with van der Waals surface area (Å²) >= 11 is 0. The molecular weight excluding hydrogens is 458 g/mol. The standard InChI is InChI=1S/C27H41N5O4/c28-25(33)22-10-4-5-11-23(22)26(34)30-18-21(36-27(35)20-8-2-1-3-9-20)19-31-14-16-32(17-15-31)24-12-6-7-13-29-24/h6-7,12-13,20-23H,1-5,8-11,14-19H2,(H2,28,33)(H,30,34). The van der Waals surface area contributed by atoms with Gasteiger partial charge < -0.3 is 20.7 Å². The molecule has 0 aromatic carbocycles. The lowest BCUT2D eigenvalue weighted by molar-refractivity contribution is -0.156. The number of piperazine rings is 1. The zero-order chi connectivity index (χ0) is 25.3. The van der Waals surface area contributed by atoms with Crippen LogP contribution in [0, 0.1) is 17.8 Å². The number of carbonyl (C=O) groups excluding carboxylic acids is 3. The molecule has 2 heterocycles. The molecule has 0 bridgehead atoms. The molecule has 3 unspecified atom stereocenters. The van der Waals surface area contributed by atoms with Gasteiger partial charge in [0.05, 0.1) is 12.5 Å². The zero-order valence-electron chi connectivity index (χ0n) is 21.3. The highest BCUT2D eigenvalue weighted by molar-refractivity contribution is 5.87. The van der Waals surface area contributed by atoms with Gasteiger partial charge in [0, 0.05) is 50.8 Å². The first kappa shape index (κ1) is 26.4. The Balaban J connectivity index is 1.34.